The summed E-state index contributed by atoms with van der Waals surface area (Å²) in [5.74, 6) is -0.645. The van der Waals surface area contributed by atoms with Gasteiger partial charge in [-0.25, -0.2) is 0 Å². The van der Waals surface area contributed by atoms with Crippen molar-refractivity contribution in [3.05, 3.63) is 0 Å². The summed E-state index contributed by atoms with van der Waals surface area (Å²) in [5, 5.41) is 0. The fraction of sp³-hybridized carbons (Fsp3) is 0.714. The van der Waals surface area contributed by atoms with Crippen molar-refractivity contribution in [1.29, 1.82) is 0 Å². The molecular formula is C7H13NO3. The number of hydrogen-bond acceptors (Lipinski definition) is 3. The molecule has 0 aromatic heterocycles. The van der Waals surface area contributed by atoms with Crippen LogP contribution in [0.1, 0.15) is 13.8 Å². The number of amides is 1. The highest BCUT2D eigenvalue weighted by atomic mass is 16.5. The van der Waals surface area contributed by atoms with E-state index in [0.717, 1.165) is 0 Å². The van der Waals surface area contributed by atoms with E-state index in [4.69, 9.17) is 0 Å². The molecule has 0 fully saturated rings. The molecule has 4 heteroatoms. The summed E-state index contributed by atoms with van der Waals surface area (Å²) < 4.78 is 4.64. The van der Waals surface area contributed by atoms with E-state index in [2.05, 4.69) is 4.74 Å². The van der Waals surface area contributed by atoms with Crippen LogP contribution in [0.5, 0.6) is 0 Å². The molecule has 1 amide bonds. The summed E-state index contributed by atoms with van der Waals surface area (Å²) in [6.45, 7) is 2.82. The first-order valence-electron chi connectivity index (χ1n) is 3.33. The van der Waals surface area contributed by atoms with Gasteiger partial charge in [-0.05, 0) is 6.92 Å². The lowest BCUT2D eigenvalue weighted by molar-refractivity contribution is -0.156. The first kappa shape index (κ1) is 9.94. The SMILES string of the molecule is CC(=O)OC(C)C(=O)N(C)C. The predicted octanol–water partition coefficient (Wildman–Crippen LogP) is 0.0262. The summed E-state index contributed by atoms with van der Waals surface area (Å²) in [6.07, 6.45) is -0.678. The van der Waals surface area contributed by atoms with Gasteiger partial charge in [-0.2, -0.15) is 0 Å². The maximum absolute atomic E-state index is 11.0. The Morgan fingerprint density at radius 1 is 1.36 bits per heavy atom. The van der Waals surface area contributed by atoms with Crippen LogP contribution in [0.3, 0.4) is 0 Å². The number of carbonyl (C=O) groups excluding carboxylic acids is 2. The third kappa shape index (κ3) is 3.60. The number of ether oxygens (including phenoxy) is 1. The molecule has 0 aliphatic carbocycles. The van der Waals surface area contributed by atoms with Gasteiger partial charge in [-0.1, -0.05) is 0 Å². The summed E-state index contributed by atoms with van der Waals surface area (Å²) in [5.41, 5.74) is 0. The van der Waals surface area contributed by atoms with E-state index in [1.165, 1.54) is 11.8 Å². The van der Waals surface area contributed by atoms with Crippen molar-refractivity contribution in [3.63, 3.8) is 0 Å². The highest BCUT2D eigenvalue weighted by Gasteiger charge is 2.16. The van der Waals surface area contributed by atoms with Gasteiger partial charge in [0.05, 0.1) is 0 Å². The molecule has 0 aromatic carbocycles. The van der Waals surface area contributed by atoms with Crippen molar-refractivity contribution in [2.45, 2.75) is 20.0 Å². The molecular weight excluding hydrogens is 146 g/mol. The van der Waals surface area contributed by atoms with Crippen molar-refractivity contribution in [2.24, 2.45) is 0 Å². The third-order valence-electron chi connectivity index (χ3n) is 1.13. The lowest BCUT2D eigenvalue weighted by Gasteiger charge is -2.15. The molecule has 1 unspecified atom stereocenters. The Labute approximate surface area is 66.1 Å². The quantitative estimate of drug-likeness (QED) is 0.534. The molecule has 0 aromatic rings. The molecule has 4 nitrogen and oxygen atoms in total. The standard InChI is InChI=1S/C7H13NO3/c1-5(11-6(2)9)7(10)8(3)4/h5H,1-4H3. The van der Waals surface area contributed by atoms with Crippen LogP contribution in [-0.4, -0.2) is 37.0 Å². The normalized spacial score (nSPS) is 12.0. The topological polar surface area (TPSA) is 46.6 Å². The minimum absolute atomic E-state index is 0.208. The van der Waals surface area contributed by atoms with Gasteiger partial charge in [0.1, 0.15) is 0 Å². The molecule has 0 saturated heterocycles. The summed E-state index contributed by atoms with van der Waals surface area (Å²) in [7, 11) is 3.23. The molecule has 0 N–H and O–H groups in total. The molecule has 0 aliphatic heterocycles. The minimum atomic E-state index is -0.678. The Bertz CT molecular complexity index is 165. The van der Waals surface area contributed by atoms with Gasteiger partial charge in [0.15, 0.2) is 6.10 Å². The average Bonchev–Trinajstić information content (AvgIpc) is 1.84. The maximum atomic E-state index is 11.0. The average molecular weight is 159 g/mol. The van der Waals surface area contributed by atoms with Gasteiger partial charge >= 0.3 is 5.97 Å². The number of likely N-dealkylation sites (N-methyl/N-ethyl adjacent to an activating group) is 1. The van der Waals surface area contributed by atoms with Crippen LogP contribution in [0, 0.1) is 0 Å². The second kappa shape index (κ2) is 3.95. The molecule has 0 rings (SSSR count). The van der Waals surface area contributed by atoms with Crippen molar-refractivity contribution in [1.82, 2.24) is 4.90 Å². The van der Waals surface area contributed by atoms with E-state index in [1.807, 2.05) is 0 Å². The number of carbonyl (C=O) groups is 2. The van der Waals surface area contributed by atoms with Crippen molar-refractivity contribution in [2.75, 3.05) is 14.1 Å². The summed E-state index contributed by atoms with van der Waals surface area (Å²) in [6, 6.07) is 0. The zero-order valence-electron chi connectivity index (χ0n) is 7.25. The molecule has 0 spiro atoms. The van der Waals surface area contributed by atoms with Crippen LogP contribution >= 0.6 is 0 Å². The number of rotatable bonds is 2. The first-order valence-corrected chi connectivity index (χ1v) is 3.33. The first-order chi connectivity index (χ1) is 4.95. The van der Waals surface area contributed by atoms with Gasteiger partial charge < -0.3 is 9.64 Å². The smallest absolute Gasteiger partial charge is 0.303 e. The van der Waals surface area contributed by atoms with E-state index in [1.54, 1.807) is 21.0 Å². The molecule has 1 atom stereocenters. The van der Waals surface area contributed by atoms with E-state index in [9.17, 15) is 9.59 Å². The number of esters is 1. The number of nitrogens with zero attached hydrogens (tertiary/aromatic N) is 1. The Hall–Kier alpha value is -1.06. The largest absolute Gasteiger partial charge is 0.453 e. The fourth-order valence-corrected chi connectivity index (χ4v) is 0.663. The van der Waals surface area contributed by atoms with Gasteiger partial charge in [0.2, 0.25) is 0 Å². The molecule has 64 valence electrons. The predicted molar refractivity (Wildman–Crippen MR) is 39.9 cm³/mol. The second-order valence-electron chi connectivity index (χ2n) is 2.48. The summed E-state index contributed by atoms with van der Waals surface area (Å²) in [4.78, 5) is 22.8. The summed E-state index contributed by atoms with van der Waals surface area (Å²) >= 11 is 0. The van der Waals surface area contributed by atoms with E-state index < -0.39 is 12.1 Å². The van der Waals surface area contributed by atoms with Crippen LogP contribution in [0.4, 0.5) is 0 Å². The lowest BCUT2D eigenvalue weighted by atomic mass is 10.3. The molecule has 0 aliphatic rings. The Balaban J connectivity index is 3.93. The Morgan fingerprint density at radius 3 is 2.09 bits per heavy atom. The van der Waals surface area contributed by atoms with Crippen LogP contribution in [0.2, 0.25) is 0 Å². The van der Waals surface area contributed by atoms with Crippen molar-refractivity contribution < 1.29 is 14.3 Å². The van der Waals surface area contributed by atoms with Crippen molar-refractivity contribution in [3.8, 4) is 0 Å². The van der Waals surface area contributed by atoms with Gasteiger partial charge in [-0.3, -0.25) is 9.59 Å². The lowest BCUT2D eigenvalue weighted by Crippen LogP contribution is -2.34. The molecule has 0 radical (unpaired) electrons. The second-order valence-corrected chi connectivity index (χ2v) is 2.48. The molecule has 0 heterocycles. The Morgan fingerprint density at radius 2 is 1.82 bits per heavy atom. The van der Waals surface area contributed by atoms with E-state index >= 15 is 0 Å². The van der Waals surface area contributed by atoms with Crippen LogP contribution in [0.25, 0.3) is 0 Å². The third-order valence-corrected chi connectivity index (χ3v) is 1.13. The minimum Gasteiger partial charge on any atom is -0.453 e. The molecule has 0 saturated carbocycles. The fourth-order valence-electron chi connectivity index (χ4n) is 0.663. The monoisotopic (exact) mass is 159 g/mol. The van der Waals surface area contributed by atoms with Gasteiger partial charge in [0.25, 0.3) is 5.91 Å². The molecule has 0 bridgehead atoms. The van der Waals surface area contributed by atoms with Crippen LogP contribution < -0.4 is 0 Å². The highest BCUT2D eigenvalue weighted by molar-refractivity contribution is 5.82. The number of hydrogen-bond donors (Lipinski definition) is 0. The van der Waals surface area contributed by atoms with Crippen molar-refractivity contribution >= 4 is 11.9 Å². The maximum Gasteiger partial charge on any atom is 0.303 e. The van der Waals surface area contributed by atoms with Crippen LogP contribution in [0.15, 0.2) is 0 Å². The zero-order chi connectivity index (χ0) is 9.02. The van der Waals surface area contributed by atoms with Crippen LogP contribution in [-0.2, 0) is 14.3 Å². The van der Waals surface area contributed by atoms with E-state index in [-0.39, 0.29) is 5.91 Å². The highest BCUT2D eigenvalue weighted by Crippen LogP contribution is 1.94. The Kier molecular flexibility index (Phi) is 3.57. The molecule has 11 heavy (non-hydrogen) atoms. The van der Waals surface area contributed by atoms with Gasteiger partial charge in [-0.15, -0.1) is 0 Å². The zero-order valence-corrected chi connectivity index (χ0v) is 7.25. The van der Waals surface area contributed by atoms with E-state index in [0.29, 0.717) is 0 Å². The van der Waals surface area contributed by atoms with Gasteiger partial charge in [0, 0.05) is 21.0 Å².